The first kappa shape index (κ1) is 16.6. The summed E-state index contributed by atoms with van der Waals surface area (Å²) in [7, 11) is -1.71. The molecule has 1 aliphatic rings. The van der Waals surface area contributed by atoms with Crippen LogP contribution >= 0.6 is 0 Å². The molecule has 0 unspecified atom stereocenters. The third kappa shape index (κ3) is 9.29. The number of nitrogens with zero attached hydrogens (tertiary/aromatic N) is 1. The molecular formula is C11H23NO4S. The molecule has 0 aromatic heterocycles. The number of morpholine rings is 1. The predicted octanol–water partition coefficient (Wildman–Crippen LogP) is 0.591. The topological polar surface area (TPSA) is 66.4 Å². The normalized spacial score (nSPS) is 19.0. The van der Waals surface area contributed by atoms with Crippen LogP contribution in [0.3, 0.4) is 0 Å². The highest BCUT2D eigenvalue weighted by atomic mass is 32.2. The maximum Gasteiger partial charge on any atom is 0.102 e. The Hall–Kier alpha value is -0.430. The van der Waals surface area contributed by atoms with Gasteiger partial charge in [-0.2, -0.15) is 0 Å². The average Bonchev–Trinajstić information content (AvgIpc) is 2.27. The summed E-state index contributed by atoms with van der Waals surface area (Å²) < 4.78 is 35.8. The molecule has 0 N–H and O–H groups in total. The molecule has 0 aromatic carbocycles. The Bertz CT molecular complexity index is 307. The summed E-state index contributed by atoms with van der Waals surface area (Å²) >= 11 is 0. The zero-order chi connectivity index (χ0) is 13.4. The molecule has 0 bridgehead atoms. The predicted molar refractivity (Wildman–Crippen MR) is 66.7 cm³/mol. The number of quaternary nitrogens is 1. The van der Waals surface area contributed by atoms with E-state index < -0.39 is 10.1 Å². The van der Waals surface area contributed by atoms with E-state index in [0.29, 0.717) is 0 Å². The lowest BCUT2D eigenvalue weighted by atomic mass is 10.3. The van der Waals surface area contributed by atoms with Gasteiger partial charge in [0.1, 0.15) is 13.1 Å². The minimum atomic E-state index is -4.01. The van der Waals surface area contributed by atoms with E-state index in [1.54, 1.807) is 0 Å². The molecular weight excluding hydrogens is 242 g/mol. The summed E-state index contributed by atoms with van der Waals surface area (Å²) in [5, 5.41) is 0. The lowest BCUT2D eigenvalue weighted by Gasteiger charge is -2.36. The maximum absolute atomic E-state index is 9.79. The van der Waals surface area contributed by atoms with Crippen LogP contribution in [0.4, 0.5) is 0 Å². The van der Waals surface area contributed by atoms with E-state index in [1.807, 2.05) is 0 Å². The second-order valence-electron chi connectivity index (χ2n) is 4.33. The Labute approximate surface area is 104 Å². The molecule has 102 valence electrons. The molecule has 0 aliphatic carbocycles. The van der Waals surface area contributed by atoms with Gasteiger partial charge >= 0.3 is 0 Å². The molecule has 1 aliphatic heterocycles. The van der Waals surface area contributed by atoms with E-state index >= 15 is 0 Å². The average molecular weight is 265 g/mol. The second-order valence-corrected chi connectivity index (χ2v) is 5.86. The van der Waals surface area contributed by atoms with Crippen LogP contribution in [0.15, 0.2) is 12.7 Å². The van der Waals surface area contributed by atoms with Crippen molar-refractivity contribution in [1.29, 1.82) is 0 Å². The van der Waals surface area contributed by atoms with Gasteiger partial charge in [-0.05, 0) is 13.3 Å². The lowest BCUT2D eigenvalue weighted by Crippen LogP contribution is -2.51. The van der Waals surface area contributed by atoms with Crippen LogP contribution in [0, 0.1) is 0 Å². The molecule has 0 radical (unpaired) electrons. The molecule has 1 heterocycles. The number of likely N-dealkylation sites (N-methyl/N-ethyl adjacent to an activating group) is 1. The smallest absolute Gasteiger partial charge is 0.102 e. The number of allylic oxidation sites excluding steroid dienone is 1. The van der Waals surface area contributed by atoms with Gasteiger partial charge in [0.2, 0.25) is 0 Å². The first-order valence-corrected chi connectivity index (χ1v) is 7.36. The molecule has 0 amide bonds. The third-order valence-corrected chi connectivity index (χ3v) is 3.62. The quantitative estimate of drug-likeness (QED) is 0.424. The monoisotopic (exact) mass is 265 g/mol. The fourth-order valence-corrected chi connectivity index (χ4v) is 1.78. The van der Waals surface area contributed by atoms with E-state index in [0.717, 1.165) is 13.2 Å². The zero-order valence-corrected chi connectivity index (χ0v) is 11.5. The van der Waals surface area contributed by atoms with E-state index in [4.69, 9.17) is 4.74 Å². The van der Waals surface area contributed by atoms with E-state index in [9.17, 15) is 13.0 Å². The summed E-state index contributed by atoms with van der Waals surface area (Å²) in [5.74, 6) is -0.337. The van der Waals surface area contributed by atoms with Crippen LogP contribution in [0.1, 0.15) is 13.3 Å². The van der Waals surface area contributed by atoms with E-state index in [2.05, 4.69) is 20.6 Å². The number of rotatable bonds is 4. The van der Waals surface area contributed by atoms with Crippen LogP contribution in [-0.4, -0.2) is 63.1 Å². The summed E-state index contributed by atoms with van der Waals surface area (Å²) in [6.45, 7) is 11.0. The van der Waals surface area contributed by atoms with Crippen LogP contribution in [0.2, 0.25) is 0 Å². The number of hydrogen-bond donors (Lipinski definition) is 0. The first-order chi connectivity index (χ1) is 7.83. The van der Waals surface area contributed by atoms with Crippen molar-refractivity contribution in [2.45, 2.75) is 13.3 Å². The Morgan fingerprint density at radius 2 is 1.94 bits per heavy atom. The van der Waals surface area contributed by atoms with Gasteiger partial charge in [-0.25, -0.2) is 8.42 Å². The molecule has 0 atom stereocenters. The zero-order valence-electron chi connectivity index (χ0n) is 10.7. The molecule has 5 nitrogen and oxygen atoms in total. The summed E-state index contributed by atoms with van der Waals surface area (Å²) in [6.07, 6.45) is 1.64. The maximum atomic E-state index is 9.79. The summed E-state index contributed by atoms with van der Waals surface area (Å²) in [4.78, 5) is 0. The molecule has 1 rings (SSSR count). The Morgan fingerprint density at radius 3 is 2.18 bits per heavy atom. The SMILES string of the molecule is C=CCCS(=O)(=O)[O-].CC[N+]1(C)CCOCC1. The van der Waals surface area contributed by atoms with Crippen molar-refractivity contribution < 1.29 is 22.2 Å². The van der Waals surface area contributed by atoms with Crippen LogP contribution in [0.25, 0.3) is 0 Å². The van der Waals surface area contributed by atoms with E-state index in [1.165, 1.54) is 30.2 Å². The van der Waals surface area contributed by atoms with Crippen molar-refractivity contribution in [2.75, 3.05) is 45.6 Å². The minimum absolute atomic E-state index is 0.242. The van der Waals surface area contributed by atoms with Gasteiger partial charge in [0.25, 0.3) is 0 Å². The van der Waals surface area contributed by atoms with E-state index in [-0.39, 0.29) is 12.2 Å². The lowest BCUT2D eigenvalue weighted by molar-refractivity contribution is -0.915. The van der Waals surface area contributed by atoms with Crippen molar-refractivity contribution >= 4 is 10.1 Å². The standard InChI is InChI=1S/C7H16NO.C4H8O3S/c1-3-8(2)4-6-9-7-5-8;1-2-3-4-8(5,6)7/h3-7H2,1-2H3;2H,1,3-4H2,(H,5,6,7)/q+1;/p-1. The van der Waals surface area contributed by atoms with Crippen molar-refractivity contribution in [3.63, 3.8) is 0 Å². The first-order valence-electron chi connectivity index (χ1n) is 5.79. The molecule has 1 saturated heterocycles. The van der Waals surface area contributed by atoms with Crippen LogP contribution < -0.4 is 0 Å². The van der Waals surface area contributed by atoms with Crippen molar-refractivity contribution in [3.05, 3.63) is 12.7 Å². The summed E-state index contributed by atoms with van der Waals surface area (Å²) in [6, 6.07) is 0. The Morgan fingerprint density at radius 1 is 1.41 bits per heavy atom. The van der Waals surface area contributed by atoms with Gasteiger partial charge in [0.15, 0.2) is 0 Å². The van der Waals surface area contributed by atoms with Crippen molar-refractivity contribution in [2.24, 2.45) is 0 Å². The van der Waals surface area contributed by atoms with Gasteiger partial charge in [0, 0.05) is 5.75 Å². The van der Waals surface area contributed by atoms with Crippen molar-refractivity contribution in [1.82, 2.24) is 0 Å². The van der Waals surface area contributed by atoms with Crippen LogP contribution in [0.5, 0.6) is 0 Å². The Kier molecular flexibility index (Phi) is 7.61. The molecule has 0 aromatic rings. The highest BCUT2D eigenvalue weighted by Crippen LogP contribution is 2.05. The number of hydrogen-bond acceptors (Lipinski definition) is 4. The minimum Gasteiger partial charge on any atom is -0.748 e. The summed E-state index contributed by atoms with van der Waals surface area (Å²) in [5.41, 5.74) is 0. The molecule has 6 heteroatoms. The second kappa shape index (κ2) is 7.81. The number of ether oxygens (including phenoxy) is 1. The van der Waals surface area contributed by atoms with Crippen molar-refractivity contribution in [3.8, 4) is 0 Å². The Balaban J connectivity index is 0.000000304. The fraction of sp³-hybridized carbons (Fsp3) is 0.818. The highest BCUT2D eigenvalue weighted by Gasteiger charge is 2.21. The van der Waals surface area contributed by atoms with Gasteiger partial charge in [-0.3, -0.25) is 0 Å². The molecule has 0 saturated carbocycles. The molecule has 0 spiro atoms. The fourth-order valence-electron chi connectivity index (χ4n) is 1.33. The highest BCUT2D eigenvalue weighted by molar-refractivity contribution is 7.85. The molecule has 1 fully saturated rings. The van der Waals surface area contributed by atoms with Gasteiger partial charge in [-0.15, -0.1) is 6.58 Å². The van der Waals surface area contributed by atoms with Gasteiger partial charge < -0.3 is 13.8 Å². The van der Waals surface area contributed by atoms with Crippen LogP contribution in [-0.2, 0) is 14.9 Å². The van der Waals surface area contributed by atoms with Gasteiger partial charge in [0.05, 0.1) is 36.9 Å². The molecule has 17 heavy (non-hydrogen) atoms. The largest absolute Gasteiger partial charge is 0.748 e. The van der Waals surface area contributed by atoms with Gasteiger partial charge in [-0.1, -0.05) is 6.08 Å². The third-order valence-electron chi connectivity index (χ3n) is 2.89.